The smallest absolute Gasteiger partial charge is 0.223 e. The molecule has 1 amide bonds. The molecule has 0 aromatic carbocycles. The molecule has 0 radical (unpaired) electrons. The van der Waals surface area contributed by atoms with E-state index in [1.54, 1.807) is 0 Å². The van der Waals surface area contributed by atoms with Crippen molar-refractivity contribution in [2.24, 2.45) is 17.8 Å². The monoisotopic (exact) mass is 204 g/mol. The maximum atomic E-state index is 11.8. The Morgan fingerprint density at radius 1 is 1.40 bits per heavy atom. The van der Waals surface area contributed by atoms with Crippen LogP contribution in [0.2, 0.25) is 0 Å². The summed E-state index contributed by atoms with van der Waals surface area (Å²) in [6, 6.07) is 1.99. The van der Waals surface area contributed by atoms with Crippen molar-refractivity contribution in [1.82, 2.24) is 10.3 Å². The predicted molar refractivity (Wildman–Crippen MR) is 57.0 cm³/mol. The number of H-pyrrole nitrogens is 1. The van der Waals surface area contributed by atoms with Crippen molar-refractivity contribution in [2.75, 3.05) is 0 Å². The van der Waals surface area contributed by atoms with Gasteiger partial charge in [-0.3, -0.25) is 4.79 Å². The van der Waals surface area contributed by atoms with Crippen molar-refractivity contribution in [1.29, 1.82) is 0 Å². The molecule has 2 N–H and O–H groups in total. The summed E-state index contributed by atoms with van der Waals surface area (Å²) in [6.45, 7) is 0.661. The standard InChI is InChI=1S/C12H16N2O/c15-12(11-4-9-3-10(9)5-11)14-7-8-1-2-13-6-8/h1-2,6,9-11,13H,3-5,7H2,(H,14,15). The van der Waals surface area contributed by atoms with Gasteiger partial charge in [0.2, 0.25) is 5.91 Å². The van der Waals surface area contributed by atoms with Crippen molar-refractivity contribution in [2.45, 2.75) is 25.8 Å². The molecule has 0 aliphatic heterocycles. The highest BCUT2D eigenvalue weighted by Crippen LogP contribution is 2.54. The second kappa shape index (κ2) is 3.40. The van der Waals surface area contributed by atoms with Gasteiger partial charge in [-0.05, 0) is 42.7 Å². The fourth-order valence-electron chi connectivity index (χ4n) is 2.73. The molecule has 1 aromatic heterocycles. The first-order valence-electron chi connectivity index (χ1n) is 5.72. The molecule has 2 saturated carbocycles. The molecule has 1 aromatic rings. The number of carbonyl (C=O) groups is 1. The van der Waals surface area contributed by atoms with Gasteiger partial charge in [0.25, 0.3) is 0 Å². The molecule has 3 rings (SSSR count). The number of aromatic amines is 1. The van der Waals surface area contributed by atoms with Crippen molar-refractivity contribution in [3.63, 3.8) is 0 Å². The van der Waals surface area contributed by atoms with Crippen LogP contribution in [-0.2, 0) is 11.3 Å². The molecule has 1 heterocycles. The number of fused-ring (bicyclic) bond motifs is 1. The average Bonchev–Trinajstić information content (AvgIpc) is 2.75. The Kier molecular flexibility index (Phi) is 2.04. The van der Waals surface area contributed by atoms with Crippen molar-refractivity contribution in [3.05, 3.63) is 24.0 Å². The zero-order valence-electron chi connectivity index (χ0n) is 8.70. The molecule has 15 heavy (non-hydrogen) atoms. The Morgan fingerprint density at radius 2 is 2.20 bits per heavy atom. The largest absolute Gasteiger partial charge is 0.367 e. The van der Waals surface area contributed by atoms with Crippen LogP contribution in [0.1, 0.15) is 24.8 Å². The van der Waals surface area contributed by atoms with Crippen molar-refractivity contribution in [3.8, 4) is 0 Å². The molecule has 2 aliphatic rings. The quantitative estimate of drug-likeness (QED) is 0.773. The van der Waals surface area contributed by atoms with E-state index in [9.17, 15) is 4.79 Å². The van der Waals surface area contributed by atoms with Crippen LogP contribution < -0.4 is 5.32 Å². The molecule has 2 atom stereocenters. The molecule has 3 nitrogen and oxygen atoms in total. The van der Waals surface area contributed by atoms with Crippen molar-refractivity contribution < 1.29 is 4.79 Å². The highest BCUT2D eigenvalue weighted by molar-refractivity contribution is 5.79. The third-order valence-electron chi connectivity index (χ3n) is 3.74. The number of hydrogen-bond donors (Lipinski definition) is 2. The number of rotatable bonds is 3. The molecule has 0 saturated heterocycles. The van der Waals surface area contributed by atoms with Gasteiger partial charge in [0.05, 0.1) is 0 Å². The second-order valence-electron chi connectivity index (χ2n) is 4.86. The van der Waals surface area contributed by atoms with Crippen LogP contribution in [0, 0.1) is 17.8 Å². The zero-order valence-corrected chi connectivity index (χ0v) is 8.70. The fourth-order valence-corrected chi connectivity index (χ4v) is 2.73. The van der Waals surface area contributed by atoms with E-state index in [2.05, 4.69) is 10.3 Å². The highest BCUT2D eigenvalue weighted by atomic mass is 16.1. The van der Waals surface area contributed by atoms with Crippen LogP contribution in [0.15, 0.2) is 18.5 Å². The number of carbonyl (C=O) groups excluding carboxylic acids is 1. The Bertz CT molecular complexity index is 348. The summed E-state index contributed by atoms with van der Waals surface area (Å²) in [4.78, 5) is 14.8. The Balaban J connectivity index is 1.49. The van der Waals surface area contributed by atoms with E-state index in [0.717, 1.165) is 30.2 Å². The molecule has 0 bridgehead atoms. The molecule has 80 valence electrons. The minimum Gasteiger partial charge on any atom is -0.367 e. The zero-order chi connectivity index (χ0) is 10.3. The molecule has 0 spiro atoms. The molecule has 2 aliphatic carbocycles. The first-order valence-corrected chi connectivity index (χ1v) is 5.72. The second-order valence-corrected chi connectivity index (χ2v) is 4.86. The normalized spacial score (nSPS) is 32.4. The average molecular weight is 204 g/mol. The first-order chi connectivity index (χ1) is 7.33. The number of nitrogens with one attached hydrogen (secondary N) is 2. The van der Waals surface area contributed by atoms with Crippen LogP contribution >= 0.6 is 0 Å². The molecular formula is C12H16N2O. The number of amides is 1. The van der Waals surface area contributed by atoms with Gasteiger partial charge in [-0.25, -0.2) is 0 Å². The lowest BCUT2D eigenvalue weighted by molar-refractivity contribution is -0.125. The summed E-state index contributed by atoms with van der Waals surface area (Å²) in [6.07, 6.45) is 7.44. The van der Waals surface area contributed by atoms with Crippen LogP contribution in [0.4, 0.5) is 0 Å². The Labute approximate surface area is 89.3 Å². The lowest BCUT2D eigenvalue weighted by Crippen LogP contribution is -2.29. The van der Waals surface area contributed by atoms with Crippen molar-refractivity contribution >= 4 is 5.91 Å². The predicted octanol–water partition coefficient (Wildman–Crippen LogP) is 1.68. The van der Waals surface area contributed by atoms with Crippen LogP contribution in [0.5, 0.6) is 0 Å². The summed E-state index contributed by atoms with van der Waals surface area (Å²) in [5.74, 6) is 2.32. The number of aromatic nitrogens is 1. The van der Waals surface area contributed by atoms with Crippen LogP contribution in [0.3, 0.4) is 0 Å². The topological polar surface area (TPSA) is 44.9 Å². The fraction of sp³-hybridized carbons (Fsp3) is 0.583. The van der Waals surface area contributed by atoms with E-state index in [1.165, 1.54) is 6.42 Å². The van der Waals surface area contributed by atoms with E-state index in [1.807, 2.05) is 18.5 Å². The van der Waals surface area contributed by atoms with E-state index in [0.29, 0.717) is 12.5 Å². The van der Waals surface area contributed by atoms with Gasteiger partial charge in [0, 0.05) is 24.9 Å². The maximum Gasteiger partial charge on any atom is 0.223 e. The summed E-state index contributed by atoms with van der Waals surface area (Å²) in [5.41, 5.74) is 1.14. The first kappa shape index (κ1) is 9.01. The summed E-state index contributed by atoms with van der Waals surface area (Å²) >= 11 is 0. The maximum absolute atomic E-state index is 11.8. The third-order valence-corrected chi connectivity index (χ3v) is 3.74. The lowest BCUT2D eigenvalue weighted by Gasteiger charge is -2.11. The van der Waals surface area contributed by atoms with Crippen LogP contribution in [-0.4, -0.2) is 10.9 Å². The van der Waals surface area contributed by atoms with E-state index < -0.39 is 0 Å². The van der Waals surface area contributed by atoms with Gasteiger partial charge in [-0.15, -0.1) is 0 Å². The van der Waals surface area contributed by atoms with Crippen LogP contribution in [0.25, 0.3) is 0 Å². The minimum atomic E-state index is 0.253. The Hall–Kier alpha value is -1.25. The SMILES string of the molecule is O=C(NCc1cc[nH]c1)C1CC2CC2C1. The van der Waals surface area contributed by atoms with Gasteiger partial charge < -0.3 is 10.3 Å². The lowest BCUT2D eigenvalue weighted by atomic mass is 10.0. The molecular weight excluding hydrogens is 188 g/mol. The molecule has 2 unspecified atom stereocenters. The number of hydrogen-bond acceptors (Lipinski definition) is 1. The van der Waals surface area contributed by atoms with Gasteiger partial charge in [-0.1, -0.05) is 0 Å². The van der Waals surface area contributed by atoms with Gasteiger partial charge >= 0.3 is 0 Å². The van der Waals surface area contributed by atoms with E-state index in [4.69, 9.17) is 0 Å². The Morgan fingerprint density at radius 3 is 2.87 bits per heavy atom. The molecule has 3 heteroatoms. The van der Waals surface area contributed by atoms with E-state index >= 15 is 0 Å². The summed E-state index contributed by atoms with van der Waals surface area (Å²) in [7, 11) is 0. The van der Waals surface area contributed by atoms with Gasteiger partial charge in [0.15, 0.2) is 0 Å². The summed E-state index contributed by atoms with van der Waals surface area (Å²) < 4.78 is 0. The van der Waals surface area contributed by atoms with Gasteiger partial charge in [-0.2, -0.15) is 0 Å². The minimum absolute atomic E-state index is 0.253. The third kappa shape index (κ3) is 1.78. The van der Waals surface area contributed by atoms with Gasteiger partial charge in [0.1, 0.15) is 0 Å². The summed E-state index contributed by atoms with van der Waals surface area (Å²) in [5, 5.41) is 3.01. The highest BCUT2D eigenvalue weighted by Gasteiger charge is 2.47. The molecule has 2 fully saturated rings. The van der Waals surface area contributed by atoms with E-state index in [-0.39, 0.29) is 5.91 Å².